The molecule has 78 heavy (non-hydrogen) atoms. The van der Waals surface area contributed by atoms with Crippen LogP contribution in [0.2, 0.25) is 0 Å². The van der Waals surface area contributed by atoms with Crippen LogP contribution >= 0.6 is 0 Å². The van der Waals surface area contributed by atoms with E-state index in [1.165, 1.54) is 173 Å². The molecule has 0 spiro atoms. The second-order valence-electron chi connectivity index (χ2n) is 22.3. The Morgan fingerprint density at radius 1 is 0.269 bits per heavy atom. The van der Waals surface area contributed by atoms with Gasteiger partial charge in [0.15, 0.2) is 6.10 Å². The summed E-state index contributed by atoms with van der Waals surface area (Å²) in [6.07, 6.45) is 87.7. The van der Waals surface area contributed by atoms with Gasteiger partial charge in [0, 0.05) is 19.3 Å². The number of esters is 3. The smallest absolute Gasteiger partial charge is 0.306 e. The molecule has 0 saturated carbocycles. The van der Waals surface area contributed by atoms with Crippen molar-refractivity contribution in [2.45, 2.75) is 341 Å². The molecule has 0 aliphatic heterocycles. The third-order valence-electron chi connectivity index (χ3n) is 14.6. The van der Waals surface area contributed by atoms with Gasteiger partial charge in [-0.2, -0.15) is 0 Å². The van der Waals surface area contributed by atoms with Crippen LogP contribution in [0.25, 0.3) is 0 Å². The molecule has 0 aromatic rings. The summed E-state index contributed by atoms with van der Waals surface area (Å²) in [6.45, 7) is 6.40. The van der Waals surface area contributed by atoms with Crippen molar-refractivity contribution < 1.29 is 28.6 Å². The van der Waals surface area contributed by atoms with Crippen LogP contribution in [0.3, 0.4) is 0 Å². The lowest BCUT2D eigenvalue weighted by atomic mass is 10.0. The van der Waals surface area contributed by atoms with Gasteiger partial charge in [-0.3, -0.25) is 14.4 Å². The Morgan fingerprint density at radius 3 is 0.808 bits per heavy atom. The van der Waals surface area contributed by atoms with Crippen molar-refractivity contribution in [2.24, 2.45) is 0 Å². The topological polar surface area (TPSA) is 78.9 Å². The number of unbranched alkanes of at least 4 members (excludes halogenated alkanes) is 36. The standard InChI is InChI=1S/C72H126O6/c1-4-7-10-13-16-19-22-25-28-29-30-31-32-33-34-35-36-37-38-39-40-41-42-45-47-50-53-56-59-62-65-71(74)77-68-69(78-72(75)66-63-60-57-54-51-48-44-27-24-21-18-15-12-9-6-3)67-76-70(73)64-61-58-55-52-49-46-43-26-23-20-17-14-11-8-5-2/h8-9,11-12,17-18,20-21,26-27,43-44,51,54,69H,4-7,10,13-16,19,22-25,28-42,45-50,52-53,55-68H2,1-3H3/b11-8-,12-9-,20-17-,21-18-,43-26-,44-27-,54-51-. The zero-order chi connectivity index (χ0) is 56.4. The molecule has 0 N–H and O–H groups in total. The quantitative estimate of drug-likeness (QED) is 0.0261. The number of allylic oxidation sites excluding steroid dienone is 14. The van der Waals surface area contributed by atoms with Gasteiger partial charge in [-0.15, -0.1) is 0 Å². The highest BCUT2D eigenvalue weighted by molar-refractivity contribution is 5.71. The van der Waals surface area contributed by atoms with Crippen LogP contribution in [0, 0.1) is 0 Å². The van der Waals surface area contributed by atoms with E-state index in [1.807, 2.05) is 0 Å². The number of ether oxygens (including phenoxy) is 3. The van der Waals surface area contributed by atoms with Crippen molar-refractivity contribution in [2.75, 3.05) is 13.2 Å². The molecule has 450 valence electrons. The molecule has 0 heterocycles. The molecule has 0 radical (unpaired) electrons. The minimum Gasteiger partial charge on any atom is -0.462 e. The Labute approximate surface area is 484 Å². The average Bonchev–Trinajstić information content (AvgIpc) is 3.44. The minimum absolute atomic E-state index is 0.0968. The lowest BCUT2D eigenvalue weighted by Gasteiger charge is -2.18. The normalized spacial score (nSPS) is 12.6. The van der Waals surface area contributed by atoms with E-state index in [9.17, 15) is 14.4 Å². The fourth-order valence-corrected chi connectivity index (χ4v) is 9.69. The number of carbonyl (C=O) groups is 3. The van der Waals surface area contributed by atoms with Crippen molar-refractivity contribution in [3.8, 4) is 0 Å². The van der Waals surface area contributed by atoms with E-state index in [1.54, 1.807) is 0 Å². The van der Waals surface area contributed by atoms with Gasteiger partial charge < -0.3 is 14.2 Å². The van der Waals surface area contributed by atoms with Gasteiger partial charge in [-0.25, -0.2) is 0 Å². The van der Waals surface area contributed by atoms with Crippen LogP contribution < -0.4 is 0 Å². The van der Waals surface area contributed by atoms with E-state index in [0.29, 0.717) is 19.3 Å². The maximum atomic E-state index is 12.9. The molecule has 1 unspecified atom stereocenters. The predicted molar refractivity (Wildman–Crippen MR) is 339 cm³/mol. The first kappa shape index (κ1) is 74.6. The number of hydrogen-bond acceptors (Lipinski definition) is 6. The first-order chi connectivity index (χ1) is 38.5. The predicted octanol–water partition coefficient (Wildman–Crippen LogP) is 23.1. The van der Waals surface area contributed by atoms with E-state index < -0.39 is 6.10 Å². The van der Waals surface area contributed by atoms with Crippen LogP contribution in [0.4, 0.5) is 0 Å². The molecule has 6 heteroatoms. The second-order valence-corrected chi connectivity index (χ2v) is 22.3. The molecule has 0 aliphatic carbocycles. The van der Waals surface area contributed by atoms with Crippen LogP contribution in [0.1, 0.15) is 335 Å². The van der Waals surface area contributed by atoms with Gasteiger partial charge in [-0.05, 0) is 89.9 Å². The van der Waals surface area contributed by atoms with E-state index in [0.717, 1.165) is 116 Å². The maximum Gasteiger partial charge on any atom is 0.306 e. The summed E-state index contributed by atoms with van der Waals surface area (Å²) in [5, 5.41) is 0. The zero-order valence-electron chi connectivity index (χ0n) is 51.7. The molecule has 0 aliphatic rings. The summed E-state index contributed by atoms with van der Waals surface area (Å²) in [7, 11) is 0. The highest BCUT2D eigenvalue weighted by atomic mass is 16.6. The Kier molecular flexibility index (Phi) is 63.2. The molecule has 0 rings (SSSR count). The van der Waals surface area contributed by atoms with Gasteiger partial charge in [0.2, 0.25) is 0 Å². The summed E-state index contributed by atoms with van der Waals surface area (Å²) in [5.74, 6) is -0.944. The van der Waals surface area contributed by atoms with Crippen LogP contribution in [0.5, 0.6) is 0 Å². The monoisotopic (exact) mass is 1090 g/mol. The maximum absolute atomic E-state index is 12.9. The lowest BCUT2D eigenvalue weighted by molar-refractivity contribution is -0.167. The molecular formula is C72H126O6. The summed E-state index contributed by atoms with van der Waals surface area (Å²) < 4.78 is 16.9. The first-order valence-electron chi connectivity index (χ1n) is 33.6. The van der Waals surface area contributed by atoms with Crippen molar-refractivity contribution in [3.63, 3.8) is 0 Å². The number of rotatable bonds is 61. The second kappa shape index (κ2) is 66.1. The van der Waals surface area contributed by atoms with Gasteiger partial charge >= 0.3 is 17.9 Å². The van der Waals surface area contributed by atoms with Crippen molar-refractivity contribution >= 4 is 17.9 Å². The summed E-state index contributed by atoms with van der Waals surface area (Å²) in [4.78, 5) is 38.3. The van der Waals surface area contributed by atoms with Crippen molar-refractivity contribution in [1.82, 2.24) is 0 Å². The summed E-state index contributed by atoms with van der Waals surface area (Å²) >= 11 is 0. The molecule has 1 atom stereocenters. The molecule has 0 bridgehead atoms. The zero-order valence-corrected chi connectivity index (χ0v) is 51.7. The average molecular weight is 1090 g/mol. The number of carbonyl (C=O) groups excluding carboxylic acids is 3. The first-order valence-corrected chi connectivity index (χ1v) is 33.6. The molecule has 0 fully saturated rings. The van der Waals surface area contributed by atoms with E-state index in [2.05, 4.69) is 106 Å². The third kappa shape index (κ3) is 63.4. The Morgan fingerprint density at radius 2 is 0.500 bits per heavy atom. The van der Waals surface area contributed by atoms with Gasteiger partial charge in [0.25, 0.3) is 0 Å². The summed E-state index contributed by atoms with van der Waals surface area (Å²) in [6, 6.07) is 0. The number of hydrogen-bond donors (Lipinski definition) is 0. The highest BCUT2D eigenvalue weighted by Crippen LogP contribution is 2.18. The van der Waals surface area contributed by atoms with Gasteiger partial charge in [0.1, 0.15) is 13.2 Å². The van der Waals surface area contributed by atoms with Crippen molar-refractivity contribution in [3.05, 3.63) is 85.1 Å². The van der Waals surface area contributed by atoms with Gasteiger partial charge in [-0.1, -0.05) is 311 Å². The fraction of sp³-hybridized carbons (Fsp3) is 0.764. The van der Waals surface area contributed by atoms with E-state index >= 15 is 0 Å². The molecule has 6 nitrogen and oxygen atoms in total. The van der Waals surface area contributed by atoms with Crippen molar-refractivity contribution in [1.29, 1.82) is 0 Å². The minimum atomic E-state index is -0.806. The van der Waals surface area contributed by atoms with Crippen LogP contribution in [0.15, 0.2) is 85.1 Å². The molecule has 0 saturated heterocycles. The molecule has 0 aromatic heterocycles. The Bertz CT molecular complexity index is 1480. The SMILES string of the molecule is CC/C=C\C/C=C\C/C=C\C/C=C\CCCCC(=O)OC(COC(=O)CCCCCCC/C=C\C/C=C\C/C=C\CC)COC(=O)CCCCCCCCCCCCCCCCCCCCCCCCCCCCCCCC. The van der Waals surface area contributed by atoms with Gasteiger partial charge in [0.05, 0.1) is 0 Å². The Balaban J connectivity index is 4.21. The highest BCUT2D eigenvalue weighted by Gasteiger charge is 2.19. The van der Waals surface area contributed by atoms with E-state index in [-0.39, 0.29) is 37.5 Å². The third-order valence-corrected chi connectivity index (χ3v) is 14.6. The lowest BCUT2D eigenvalue weighted by Crippen LogP contribution is -2.30. The van der Waals surface area contributed by atoms with E-state index in [4.69, 9.17) is 14.2 Å². The molecular weight excluding hydrogens is 961 g/mol. The largest absolute Gasteiger partial charge is 0.462 e. The fourth-order valence-electron chi connectivity index (χ4n) is 9.69. The Hall–Kier alpha value is -3.41. The molecule has 0 aromatic carbocycles. The summed E-state index contributed by atoms with van der Waals surface area (Å²) in [5.41, 5.74) is 0. The van der Waals surface area contributed by atoms with Crippen LogP contribution in [-0.2, 0) is 28.6 Å². The van der Waals surface area contributed by atoms with Crippen LogP contribution in [-0.4, -0.2) is 37.2 Å². The molecule has 0 amide bonds.